The topological polar surface area (TPSA) is 41.1 Å². The van der Waals surface area contributed by atoms with E-state index in [1.54, 1.807) is 0 Å². The van der Waals surface area contributed by atoms with Gasteiger partial charge < -0.3 is 10.6 Å². The highest BCUT2D eigenvalue weighted by Crippen LogP contribution is 2.36. The minimum Gasteiger partial charge on any atom is -0.354 e. The minimum atomic E-state index is 0.173. The van der Waals surface area contributed by atoms with Crippen molar-refractivity contribution < 1.29 is 4.79 Å². The maximum atomic E-state index is 11.1. The molecular formula is C10H18N2O. The van der Waals surface area contributed by atoms with Crippen molar-refractivity contribution in [3.63, 3.8) is 0 Å². The lowest BCUT2D eigenvalue weighted by Crippen LogP contribution is -2.47. The molecule has 2 fully saturated rings. The van der Waals surface area contributed by atoms with Crippen LogP contribution in [0.4, 0.5) is 0 Å². The Labute approximate surface area is 79.3 Å². The Morgan fingerprint density at radius 2 is 2.23 bits per heavy atom. The summed E-state index contributed by atoms with van der Waals surface area (Å²) in [5.41, 5.74) is 0.259. The number of carbonyl (C=O) groups is 1. The standard InChI is InChI=1S/C10H18N2O/c1-2-9(13)11-7-10-5-3-8(12-10)4-6-10/h8,12H,2-7H2,1H3,(H,11,13). The molecule has 0 aromatic rings. The second kappa shape index (κ2) is 3.29. The van der Waals surface area contributed by atoms with Gasteiger partial charge in [0.15, 0.2) is 0 Å². The van der Waals surface area contributed by atoms with Crippen molar-refractivity contribution in [1.82, 2.24) is 10.6 Å². The summed E-state index contributed by atoms with van der Waals surface area (Å²) in [6.45, 7) is 2.72. The van der Waals surface area contributed by atoms with Crippen molar-refractivity contribution in [2.24, 2.45) is 0 Å². The van der Waals surface area contributed by atoms with E-state index in [1.807, 2.05) is 6.92 Å². The van der Waals surface area contributed by atoms with Gasteiger partial charge in [-0.3, -0.25) is 4.79 Å². The molecule has 0 atom stereocenters. The average Bonchev–Trinajstić information content (AvgIpc) is 2.74. The fourth-order valence-corrected chi connectivity index (χ4v) is 2.51. The predicted molar refractivity (Wildman–Crippen MR) is 51.4 cm³/mol. The predicted octanol–water partition coefficient (Wildman–Crippen LogP) is 0.797. The van der Waals surface area contributed by atoms with Crippen molar-refractivity contribution in [3.05, 3.63) is 0 Å². The van der Waals surface area contributed by atoms with Crippen LogP contribution in [-0.4, -0.2) is 24.0 Å². The highest BCUT2D eigenvalue weighted by molar-refractivity contribution is 5.75. The van der Waals surface area contributed by atoms with Crippen LogP contribution in [0.2, 0.25) is 0 Å². The fourth-order valence-electron chi connectivity index (χ4n) is 2.51. The van der Waals surface area contributed by atoms with Gasteiger partial charge >= 0.3 is 0 Å². The van der Waals surface area contributed by atoms with Crippen LogP contribution in [0.25, 0.3) is 0 Å². The summed E-state index contributed by atoms with van der Waals surface area (Å²) < 4.78 is 0. The molecule has 3 nitrogen and oxygen atoms in total. The number of hydrogen-bond donors (Lipinski definition) is 2. The van der Waals surface area contributed by atoms with Crippen molar-refractivity contribution in [1.29, 1.82) is 0 Å². The first-order valence-electron chi connectivity index (χ1n) is 5.28. The van der Waals surface area contributed by atoms with Gasteiger partial charge in [-0.1, -0.05) is 6.92 Å². The molecular weight excluding hydrogens is 164 g/mol. The summed E-state index contributed by atoms with van der Waals surface area (Å²) in [5.74, 6) is 0.173. The highest BCUT2D eigenvalue weighted by atomic mass is 16.1. The maximum Gasteiger partial charge on any atom is 0.219 e. The fraction of sp³-hybridized carbons (Fsp3) is 0.900. The summed E-state index contributed by atoms with van der Waals surface area (Å²) in [4.78, 5) is 11.1. The van der Waals surface area contributed by atoms with Crippen LogP contribution < -0.4 is 10.6 Å². The molecule has 0 saturated carbocycles. The lowest BCUT2D eigenvalue weighted by molar-refractivity contribution is -0.121. The molecule has 2 N–H and O–H groups in total. The molecule has 2 bridgehead atoms. The molecule has 13 heavy (non-hydrogen) atoms. The smallest absolute Gasteiger partial charge is 0.219 e. The lowest BCUT2D eigenvalue weighted by Gasteiger charge is -2.26. The Morgan fingerprint density at radius 1 is 1.54 bits per heavy atom. The van der Waals surface area contributed by atoms with Crippen LogP contribution in [0.3, 0.4) is 0 Å². The number of fused-ring (bicyclic) bond motifs is 2. The average molecular weight is 182 g/mol. The SMILES string of the molecule is CCC(=O)NCC12CCC(CC1)N2. The van der Waals surface area contributed by atoms with Crippen molar-refractivity contribution in [2.75, 3.05) is 6.54 Å². The number of amides is 1. The van der Waals surface area contributed by atoms with Crippen LogP contribution in [0, 0.1) is 0 Å². The van der Waals surface area contributed by atoms with Gasteiger partial charge in [0, 0.05) is 24.5 Å². The molecule has 2 aliphatic heterocycles. The summed E-state index contributed by atoms with van der Waals surface area (Å²) >= 11 is 0. The van der Waals surface area contributed by atoms with E-state index in [9.17, 15) is 4.79 Å². The summed E-state index contributed by atoms with van der Waals surface area (Å²) in [7, 11) is 0. The molecule has 74 valence electrons. The zero-order chi connectivity index (χ0) is 9.31. The summed E-state index contributed by atoms with van der Waals surface area (Å²) in [6, 6.07) is 0.735. The first-order valence-corrected chi connectivity index (χ1v) is 5.28. The summed E-state index contributed by atoms with van der Waals surface area (Å²) in [6.07, 6.45) is 5.66. The Bertz CT molecular complexity index is 207. The molecule has 0 spiro atoms. The zero-order valence-electron chi connectivity index (χ0n) is 8.23. The van der Waals surface area contributed by atoms with Crippen LogP contribution in [0.1, 0.15) is 39.0 Å². The van der Waals surface area contributed by atoms with E-state index >= 15 is 0 Å². The Hall–Kier alpha value is -0.570. The first-order chi connectivity index (χ1) is 6.24. The van der Waals surface area contributed by atoms with Crippen LogP contribution >= 0.6 is 0 Å². The third-order valence-corrected chi connectivity index (χ3v) is 3.40. The van der Waals surface area contributed by atoms with Crippen molar-refractivity contribution in [2.45, 2.75) is 50.6 Å². The summed E-state index contributed by atoms with van der Waals surface area (Å²) in [5, 5.41) is 6.60. The van der Waals surface area contributed by atoms with Gasteiger partial charge in [0.05, 0.1) is 0 Å². The van der Waals surface area contributed by atoms with E-state index < -0.39 is 0 Å². The van der Waals surface area contributed by atoms with E-state index in [2.05, 4.69) is 10.6 Å². The van der Waals surface area contributed by atoms with Gasteiger partial charge in [-0.05, 0) is 25.7 Å². The number of rotatable bonds is 3. The van der Waals surface area contributed by atoms with Gasteiger partial charge in [0.2, 0.25) is 5.91 Å². The third-order valence-electron chi connectivity index (χ3n) is 3.40. The lowest BCUT2D eigenvalue weighted by atomic mass is 9.88. The monoisotopic (exact) mass is 182 g/mol. The molecule has 2 rings (SSSR count). The van der Waals surface area contributed by atoms with E-state index in [-0.39, 0.29) is 11.4 Å². The molecule has 2 saturated heterocycles. The molecule has 0 unspecified atom stereocenters. The van der Waals surface area contributed by atoms with Crippen molar-refractivity contribution in [3.8, 4) is 0 Å². The Kier molecular flexibility index (Phi) is 2.28. The molecule has 0 aromatic carbocycles. The normalized spacial score (nSPS) is 36.5. The molecule has 2 aliphatic rings. The van der Waals surface area contributed by atoms with Crippen LogP contribution in [-0.2, 0) is 4.79 Å². The van der Waals surface area contributed by atoms with E-state index in [4.69, 9.17) is 0 Å². The number of carbonyl (C=O) groups excluding carboxylic acids is 1. The molecule has 3 heteroatoms. The first kappa shape index (κ1) is 9.00. The molecule has 2 heterocycles. The Balaban J connectivity index is 1.84. The molecule has 0 aliphatic carbocycles. The van der Waals surface area contributed by atoms with E-state index in [0.29, 0.717) is 6.42 Å². The quantitative estimate of drug-likeness (QED) is 0.677. The van der Waals surface area contributed by atoms with Gasteiger partial charge in [0.25, 0.3) is 0 Å². The minimum absolute atomic E-state index is 0.173. The third kappa shape index (κ3) is 1.70. The number of nitrogens with one attached hydrogen (secondary N) is 2. The van der Waals surface area contributed by atoms with Gasteiger partial charge in [-0.2, -0.15) is 0 Å². The maximum absolute atomic E-state index is 11.1. The van der Waals surface area contributed by atoms with Gasteiger partial charge in [-0.15, -0.1) is 0 Å². The highest BCUT2D eigenvalue weighted by Gasteiger charge is 2.43. The van der Waals surface area contributed by atoms with Crippen LogP contribution in [0.5, 0.6) is 0 Å². The number of hydrogen-bond acceptors (Lipinski definition) is 2. The molecule has 0 radical (unpaired) electrons. The van der Waals surface area contributed by atoms with Crippen LogP contribution in [0.15, 0.2) is 0 Å². The second-order valence-electron chi connectivity index (χ2n) is 4.33. The second-order valence-corrected chi connectivity index (χ2v) is 4.33. The van der Waals surface area contributed by atoms with Gasteiger partial charge in [-0.25, -0.2) is 0 Å². The van der Waals surface area contributed by atoms with Gasteiger partial charge in [0.1, 0.15) is 0 Å². The molecule has 0 aromatic heterocycles. The van der Waals surface area contributed by atoms with E-state index in [0.717, 1.165) is 12.6 Å². The largest absolute Gasteiger partial charge is 0.354 e. The molecule has 1 amide bonds. The zero-order valence-corrected chi connectivity index (χ0v) is 8.23. The van der Waals surface area contributed by atoms with Crippen molar-refractivity contribution >= 4 is 5.91 Å². The Morgan fingerprint density at radius 3 is 2.69 bits per heavy atom. The van der Waals surface area contributed by atoms with E-state index in [1.165, 1.54) is 25.7 Å².